The summed E-state index contributed by atoms with van der Waals surface area (Å²) in [5.74, 6) is 0.498. The van der Waals surface area contributed by atoms with Gasteiger partial charge in [-0.2, -0.15) is 0 Å². The third kappa shape index (κ3) is 2.70. The van der Waals surface area contributed by atoms with Gasteiger partial charge in [0.05, 0.1) is 23.2 Å². The molecule has 106 valence electrons. The molecule has 5 heteroatoms. The molecule has 21 heavy (non-hydrogen) atoms. The third-order valence-electron chi connectivity index (χ3n) is 3.08. The van der Waals surface area contributed by atoms with E-state index in [1.807, 2.05) is 48.5 Å². The number of para-hydroxylation sites is 2. The van der Waals surface area contributed by atoms with Crippen molar-refractivity contribution in [3.8, 4) is 5.69 Å². The highest BCUT2D eigenvalue weighted by atomic mass is 32.2. The largest absolute Gasteiger partial charge is 0.396 e. The summed E-state index contributed by atoms with van der Waals surface area (Å²) in [6.07, 6.45) is 0. The van der Waals surface area contributed by atoms with E-state index in [0.29, 0.717) is 21.8 Å². The van der Waals surface area contributed by atoms with Gasteiger partial charge in [0.2, 0.25) is 0 Å². The van der Waals surface area contributed by atoms with Gasteiger partial charge in [0.15, 0.2) is 5.16 Å². The molecule has 2 aromatic carbocycles. The maximum atomic E-state index is 12.8. The van der Waals surface area contributed by atoms with Crippen molar-refractivity contribution in [1.29, 1.82) is 0 Å². The molecule has 0 radical (unpaired) electrons. The molecule has 1 N–H and O–H groups in total. The van der Waals surface area contributed by atoms with Crippen LogP contribution in [0.25, 0.3) is 16.6 Å². The third-order valence-corrected chi connectivity index (χ3v) is 4.00. The van der Waals surface area contributed by atoms with Crippen molar-refractivity contribution in [3.63, 3.8) is 0 Å². The van der Waals surface area contributed by atoms with Gasteiger partial charge < -0.3 is 5.11 Å². The Balaban J connectivity index is 2.29. The summed E-state index contributed by atoms with van der Waals surface area (Å²) in [6, 6.07) is 16.7. The number of benzene rings is 2. The number of aromatic nitrogens is 2. The molecule has 0 saturated carbocycles. The minimum absolute atomic E-state index is 0.0438. The molecule has 1 aromatic heterocycles. The smallest absolute Gasteiger partial charge is 0.266 e. The molecular weight excluding hydrogens is 284 g/mol. The minimum atomic E-state index is -0.0905. The first-order chi connectivity index (χ1) is 10.3. The average molecular weight is 298 g/mol. The normalized spacial score (nSPS) is 10.9. The van der Waals surface area contributed by atoms with Crippen LogP contribution in [-0.4, -0.2) is 27.0 Å². The summed E-state index contributed by atoms with van der Waals surface area (Å²) in [5, 5.41) is 10.2. The number of aliphatic hydroxyl groups excluding tert-OH is 1. The highest BCUT2D eigenvalue weighted by molar-refractivity contribution is 7.99. The molecule has 1 heterocycles. The van der Waals surface area contributed by atoms with Crippen LogP contribution < -0.4 is 5.56 Å². The van der Waals surface area contributed by atoms with Crippen molar-refractivity contribution in [1.82, 2.24) is 9.55 Å². The van der Waals surface area contributed by atoms with E-state index >= 15 is 0 Å². The molecule has 0 amide bonds. The number of thioether (sulfide) groups is 1. The molecule has 0 spiro atoms. The number of nitrogens with zero attached hydrogens (tertiary/aromatic N) is 2. The van der Waals surface area contributed by atoms with Gasteiger partial charge in [-0.15, -0.1) is 0 Å². The van der Waals surface area contributed by atoms with Gasteiger partial charge in [-0.05, 0) is 24.3 Å². The van der Waals surface area contributed by atoms with Gasteiger partial charge in [0.25, 0.3) is 5.56 Å². The van der Waals surface area contributed by atoms with E-state index in [4.69, 9.17) is 5.11 Å². The molecule has 3 aromatic rings. The number of rotatable bonds is 4. The Kier molecular flexibility index (Phi) is 4.03. The molecule has 3 rings (SSSR count). The number of fused-ring (bicyclic) bond motifs is 1. The molecule has 0 unspecified atom stereocenters. The molecule has 0 aliphatic carbocycles. The van der Waals surface area contributed by atoms with Crippen LogP contribution in [0, 0.1) is 0 Å². The van der Waals surface area contributed by atoms with Gasteiger partial charge in [0, 0.05) is 5.75 Å². The van der Waals surface area contributed by atoms with E-state index < -0.39 is 0 Å². The van der Waals surface area contributed by atoms with Crippen molar-refractivity contribution in [3.05, 3.63) is 65.0 Å². The van der Waals surface area contributed by atoms with Gasteiger partial charge >= 0.3 is 0 Å². The maximum Gasteiger partial charge on any atom is 0.266 e. The standard InChI is InChI=1S/C16H14N2O2S/c19-10-11-21-16-17-14-9-5-4-8-13(14)15(20)18(16)12-6-2-1-3-7-12/h1-9,19H,10-11H2. The molecule has 0 aliphatic heterocycles. The number of aliphatic hydroxyl groups is 1. The summed E-state index contributed by atoms with van der Waals surface area (Å²) < 4.78 is 1.60. The van der Waals surface area contributed by atoms with Crippen LogP contribution >= 0.6 is 11.8 Å². The number of hydrogen-bond acceptors (Lipinski definition) is 4. The molecule has 0 bridgehead atoms. The second-order valence-electron chi connectivity index (χ2n) is 4.46. The van der Waals surface area contributed by atoms with Gasteiger partial charge in [-0.3, -0.25) is 9.36 Å². The Morgan fingerprint density at radius 2 is 1.76 bits per heavy atom. The molecule has 0 atom stereocenters. The molecule has 0 aliphatic rings. The Morgan fingerprint density at radius 3 is 2.52 bits per heavy atom. The monoisotopic (exact) mass is 298 g/mol. The lowest BCUT2D eigenvalue weighted by molar-refractivity contribution is 0.322. The average Bonchev–Trinajstić information content (AvgIpc) is 2.54. The first-order valence-electron chi connectivity index (χ1n) is 6.62. The Bertz CT molecular complexity index is 815. The fourth-order valence-corrected chi connectivity index (χ4v) is 2.91. The summed E-state index contributed by atoms with van der Waals surface area (Å²) in [4.78, 5) is 17.3. The van der Waals surface area contributed by atoms with Crippen LogP contribution in [0.1, 0.15) is 0 Å². The molecule has 4 nitrogen and oxygen atoms in total. The molecule has 0 saturated heterocycles. The maximum absolute atomic E-state index is 12.8. The predicted molar refractivity (Wildman–Crippen MR) is 85.1 cm³/mol. The first kappa shape index (κ1) is 13.9. The van der Waals surface area contributed by atoms with E-state index in [1.165, 1.54) is 11.8 Å². The summed E-state index contributed by atoms with van der Waals surface area (Å²) >= 11 is 1.37. The molecule has 0 fully saturated rings. The second kappa shape index (κ2) is 6.11. The van der Waals surface area contributed by atoms with E-state index in [9.17, 15) is 4.79 Å². The van der Waals surface area contributed by atoms with E-state index in [-0.39, 0.29) is 12.2 Å². The van der Waals surface area contributed by atoms with Crippen molar-refractivity contribution in [2.75, 3.05) is 12.4 Å². The van der Waals surface area contributed by atoms with Crippen molar-refractivity contribution < 1.29 is 5.11 Å². The fourth-order valence-electron chi connectivity index (χ4n) is 2.15. The van der Waals surface area contributed by atoms with Gasteiger partial charge in [-0.25, -0.2) is 4.98 Å². The van der Waals surface area contributed by atoms with Crippen LogP contribution in [-0.2, 0) is 0 Å². The Hall–Kier alpha value is -2.11. The quantitative estimate of drug-likeness (QED) is 0.594. The summed E-state index contributed by atoms with van der Waals surface area (Å²) in [6.45, 7) is 0.0438. The van der Waals surface area contributed by atoms with Crippen LogP contribution in [0.4, 0.5) is 0 Å². The predicted octanol–water partition coefficient (Wildman–Crippen LogP) is 2.47. The van der Waals surface area contributed by atoms with Crippen LogP contribution in [0.3, 0.4) is 0 Å². The SMILES string of the molecule is O=c1c2ccccc2nc(SCCO)n1-c1ccccc1. The van der Waals surface area contributed by atoms with Crippen LogP contribution in [0.15, 0.2) is 64.5 Å². The van der Waals surface area contributed by atoms with E-state index in [0.717, 1.165) is 5.69 Å². The lowest BCUT2D eigenvalue weighted by Gasteiger charge is -2.12. The van der Waals surface area contributed by atoms with E-state index in [2.05, 4.69) is 4.98 Å². The van der Waals surface area contributed by atoms with Crippen molar-refractivity contribution >= 4 is 22.7 Å². The minimum Gasteiger partial charge on any atom is -0.396 e. The lowest BCUT2D eigenvalue weighted by Crippen LogP contribution is -2.21. The summed E-state index contributed by atoms with van der Waals surface area (Å²) in [7, 11) is 0. The topological polar surface area (TPSA) is 55.1 Å². The molecular formula is C16H14N2O2S. The van der Waals surface area contributed by atoms with E-state index in [1.54, 1.807) is 10.6 Å². The van der Waals surface area contributed by atoms with Crippen molar-refractivity contribution in [2.45, 2.75) is 5.16 Å². The van der Waals surface area contributed by atoms with Gasteiger partial charge in [0.1, 0.15) is 0 Å². The zero-order chi connectivity index (χ0) is 14.7. The summed E-state index contributed by atoms with van der Waals surface area (Å²) in [5.41, 5.74) is 1.36. The zero-order valence-corrected chi connectivity index (χ0v) is 12.1. The second-order valence-corrected chi connectivity index (χ2v) is 5.52. The van der Waals surface area contributed by atoms with Gasteiger partial charge in [-0.1, -0.05) is 42.1 Å². The Labute approximate surface area is 126 Å². The first-order valence-corrected chi connectivity index (χ1v) is 7.60. The number of hydrogen-bond donors (Lipinski definition) is 1. The highest BCUT2D eigenvalue weighted by Crippen LogP contribution is 2.20. The van der Waals surface area contributed by atoms with Crippen molar-refractivity contribution in [2.24, 2.45) is 0 Å². The van der Waals surface area contributed by atoms with Crippen LogP contribution in [0.5, 0.6) is 0 Å². The Morgan fingerprint density at radius 1 is 1.05 bits per heavy atom. The zero-order valence-electron chi connectivity index (χ0n) is 11.3. The van der Waals surface area contributed by atoms with Crippen LogP contribution in [0.2, 0.25) is 0 Å². The fraction of sp³-hybridized carbons (Fsp3) is 0.125. The lowest BCUT2D eigenvalue weighted by atomic mass is 10.2. The highest BCUT2D eigenvalue weighted by Gasteiger charge is 2.12.